The summed E-state index contributed by atoms with van der Waals surface area (Å²) < 4.78 is 25.6. The van der Waals surface area contributed by atoms with Gasteiger partial charge in [-0.05, 0) is 50.3 Å². The second-order valence-corrected chi connectivity index (χ2v) is 6.59. The highest BCUT2D eigenvalue weighted by atomic mass is 19.1. The van der Waals surface area contributed by atoms with Crippen molar-refractivity contribution in [3.8, 4) is 5.75 Å². The topological polar surface area (TPSA) is 44.5 Å². The molecule has 0 radical (unpaired) electrons. The van der Waals surface area contributed by atoms with Gasteiger partial charge in [-0.2, -0.15) is 0 Å². The lowest BCUT2D eigenvalue weighted by molar-refractivity contribution is -0.153. The van der Waals surface area contributed by atoms with Gasteiger partial charge in [0, 0.05) is 24.9 Å². The maximum Gasteiger partial charge on any atom is 0.127 e. The van der Waals surface area contributed by atoms with Gasteiger partial charge in [0.1, 0.15) is 17.7 Å². The number of halogens is 1. The molecule has 1 heterocycles. The van der Waals surface area contributed by atoms with Crippen molar-refractivity contribution in [2.75, 3.05) is 6.61 Å². The third-order valence-electron chi connectivity index (χ3n) is 4.50. The first-order chi connectivity index (χ1) is 10.0. The van der Waals surface area contributed by atoms with Crippen LogP contribution in [-0.4, -0.2) is 24.4 Å². The van der Waals surface area contributed by atoms with Crippen LogP contribution < -0.4 is 10.5 Å². The normalized spacial score (nSPS) is 25.4. The second-order valence-electron chi connectivity index (χ2n) is 6.59. The first-order valence-electron chi connectivity index (χ1n) is 7.90. The van der Waals surface area contributed by atoms with E-state index >= 15 is 0 Å². The Morgan fingerprint density at radius 2 is 2.24 bits per heavy atom. The average Bonchev–Trinajstić information content (AvgIpc) is 2.35. The Hall–Kier alpha value is -1.13. The Morgan fingerprint density at radius 1 is 1.43 bits per heavy atom. The Morgan fingerprint density at radius 3 is 2.90 bits per heavy atom. The van der Waals surface area contributed by atoms with Gasteiger partial charge >= 0.3 is 0 Å². The monoisotopic (exact) mass is 293 g/mol. The maximum atomic E-state index is 13.7. The fourth-order valence-corrected chi connectivity index (χ4v) is 3.37. The van der Waals surface area contributed by atoms with Crippen molar-refractivity contribution in [2.45, 2.75) is 63.2 Å². The molecule has 1 saturated carbocycles. The summed E-state index contributed by atoms with van der Waals surface area (Å²) in [6.45, 7) is 2.66. The highest BCUT2D eigenvalue weighted by molar-refractivity contribution is 5.30. The summed E-state index contributed by atoms with van der Waals surface area (Å²) in [5.41, 5.74) is 6.73. The van der Waals surface area contributed by atoms with E-state index in [-0.39, 0.29) is 23.6 Å². The number of nitrogens with two attached hydrogens (primary N) is 1. The van der Waals surface area contributed by atoms with Crippen molar-refractivity contribution in [3.05, 3.63) is 29.6 Å². The van der Waals surface area contributed by atoms with Gasteiger partial charge in [0.2, 0.25) is 0 Å². The van der Waals surface area contributed by atoms with Crippen LogP contribution in [0.3, 0.4) is 0 Å². The molecule has 1 saturated heterocycles. The van der Waals surface area contributed by atoms with E-state index in [4.69, 9.17) is 15.2 Å². The molecule has 0 aromatic heterocycles. The molecule has 1 aliphatic carbocycles. The molecule has 0 amide bonds. The van der Waals surface area contributed by atoms with Gasteiger partial charge in [-0.1, -0.05) is 0 Å². The molecule has 2 aliphatic rings. The van der Waals surface area contributed by atoms with Crippen molar-refractivity contribution in [3.63, 3.8) is 0 Å². The van der Waals surface area contributed by atoms with Gasteiger partial charge in [0.25, 0.3) is 0 Å². The van der Waals surface area contributed by atoms with Crippen LogP contribution in [0, 0.1) is 5.82 Å². The predicted octanol–water partition coefficient (Wildman–Crippen LogP) is 3.20. The van der Waals surface area contributed by atoms with Gasteiger partial charge in [0.05, 0.1) is 12.2 Å². The van der Waals surface area contributed by atoms with Crippen molar-refractivity contribution < 1.29 is 13.9 Å². The standard InChI is InChI=1S/C17H24FNO2/c1-12(19)7-13-8-14(18)10-16(9-13)21-15-3-6-20-17(11-15)4-2-5-17/h8-10,12,15H,2-7,11,19H2,1H3. The number of hydrogen-bond donors (Lipinski definition) is 1. The molecular weight excluding hydrogens is 269 g/mol. The van der Waals surface area contributed by atoms with Crippen LogP contribution in [0.2, 0.25) is 0 Å². The fourth-order valence-electron chi connectivity index (χ4n) is 3.37. The van der Waals surface area contributed by atoms with Gasteiger partial charge < -0.3 is 15.2 Å². The van der Waals surface area contributed by atoms with E-state index in [1.165, 1.54) is 18.6 Å². The molecule has 1 aromatic rings. The Balaban J connectivity index is 1.67. The van der Waals surface area contributed by atoms with E-state index in [9.17, 15) is 4.39 Å². The van der Waals surface area contributed by atoms with Crippen LogP contribution in [0.4, 0.5) is 4.39 Å². The smallest absolute Gasteiger partial charge is 0.127 e. The van der Waals surface area contributed by atoms with E-state index < -0.39 is 0 Å². The van der Waals surface area contributed by atoms with Crippen LogP contribution in [0.15, 0.2) is 18.2 Å². The fraction of sp³-hybridized carbons (Fsp3) is 0.647. The Kier molecular flexibility index (Phi) is 4.18. The predicted molar refractivity (Wildman–Crippen MR) is 79.9 cm³/mol. The van der Waals surface area contributed by atoms with Gasteiger partial charge in [-0.15, -0.1) is 0 Å². The molecule has 1 spiro atoms. The molecule has 2 fully saturated rings. The van der Waals surface area contributed by atoms with Crippen LogP contribution in [0.25, 0.3) is 0 Å². The molecule has 1 aliphatic heterocycles. The highest BCUT2D eigenvalue weighted by Gasteiger charge is 2.43. The molecular formula is C17H24FNO2. The summed E-state index contributed by atoms with van der Waals surface area (Å²) in [5, 5.41) is 0. The Bertz CT molecular complexity index is 500. The van der Waals surface area contributed by atoms with E-state index in [0.717, 1.165) is 37.9 Å². The van der Waals surface area contributed by atoms with Gasteiger partial charge in [-0.25, -0.2) is 4.39 Å². The SMILES string of the molecule is CC(N)Cc1cc(F)cc(OC2CCOC3(CCC3)C2)c1. The zero-order valence-electron chi connectivity index (χ0n) is 12.6. The van der Waals surface area contributed by atoms with Gasteiger partial charge in [0.15, 0.2) is 0 Å². The van der Waals surface area contributed by atoms with Crippen LogP contribution >= 0.6 is 0 Å². The molecule has 2 unspecified atom stereocenters. The maximum absolute atomic E-state index is 13.7. The first kappa shape index (κ1) is 14.8. The first-order valence-corrected chi connectivity index (χ1v) is 7.90. The lowest BCUT2D eigenvalue weighted by atomic mass is 9.74. The van der Waals surface area contributed by atoms with Crippen LogP contribution in [-0.2, 0) is 11.2 Å². The summed E-state index contributed by atoms with van der Waals surface area (Å²) in [4.78, 5) is 0. The lowest BCUT2D eigenvalue weighted by Crippen LogP contribution is -2.48. The minimum Gasteiger partial charge on any atom is -0.490 e. The summed E-state index contributed by atoms with van der Waals surface area (Å²) in [6, 6.07) is 4.93. The van der Waals surface area contributed by atoms with Crippen molar-refractivity contribution in [1.29, 1.82) is 0 Å². The van der Waals surface area contributed by atoms with E-state index in [2.05, 4.69) is 0 Å². The molecule has 2 atom stereocenters. The van der Waals surface area contributed by atoms with E-state index in [0.29, 0.717) is 12.2 Å². The zero-order chi connectivity index (χ0) is 14.9. The van der Waals surface area contributed by atoms with Crippen molar-refractivity contribution in [2.24, 2.45) is 5.73 Å². The number of benzene rings is 1. The number of rotatable bonds is 4. The summed E-state index contributed by atoms with van der Waals surface area (Å²) in [7, 11) is 0. The lowest BCUT2D eigenvalue weighted by Gasteiger charge is -2.46. The summed E-state index contributed by atoms with van der Waals surface area (Å²) in [6.07, 6.45) is 6.09. The molecule has 4 heteroatoms. The quantitative estimate of drug-likeness (QED) is 0.927. The minimum absolute atomic E-state index is 0.0148. The minimum atomic E-state index is -0.256. The Labute approximate surface area is 125 Å². The van der Waals surface area contributed by atoms with Crippen molar-refractivity contribution >= 4 is 0 Å². The molecule has 2 N–H and O–H groups in total. The van der Waals surface area contributed by atoms with Crippen LogP contribution in [0.1, 0.15) is 44.6 Å². The molecule has 3 rings (SSSR count). The highest BCUT2D eigenvalue weighted by Crippen LogP contribution is 2.43. The molecule has 1 aromatic carbocycles. The second kappa shape index (κ2) is 5.93. The van der Waals surface area contributed by atoms with E-state index in [1.54, 1.807) is 0 Å². The van der Waals surface area contributed by atoms with Gasteiger partial charge in [-0.3, -0.25) is 0 Å². The van der Waals surface area contributed by atoms with Crippen LogP contribution in [0.5, 0.6) is 5.75 Å². The molecule has 3 nitrogen and oxygen atoms in total. The average molecular weight is 293 g/mol. The summed E-state index contributed by atoms with van der Waals surface area (Å²) >= 11 is 0. The van der Waals surface area contributed by atoms with E-state index in [1.807, 2.05) is 13.0 Å². The third-order valence-corrected chi connectivity index (χ3v) is 4.50. The molecule has 116 valence electrons. The summed E-state index contributed by atoms with van der Waals surface area (Å²) in [5.74, 6) is 0.362. The zero-order valence-corrected chi connectivity index (χ0v) is 12.6. The number of hydrogen-bond acceptors (Lipinski definition) is 3. The molecule has 0 bridgehead atoms. The third kappa shape index (κ3) is 3.55. The number of ether oxygens (including phenoxy) is 2. The largest absolute Gasteiger partial charge is 0.490 e. The van der Waals surface area contributed by atoms with Crippen molar-refractivity contribution in [1.82, 2.24) is 0 Å². The molecule has 21 heavy (non-hydrogen) atoms.